The van der Waals surface area contributed by atoms with Gasteiger partial charge in [-0.15, -0.1) is 0 Å². The van der Waals surface area contributed by atoms with Crippen LogP contribution in [0.1, 0.15) is 25.7 Å². The van der Waals surface area contributed by atoms with Crippen molar-refractivity contribution in [2.45, 2.75) is 44.0 Å². The molecule has 0 aromatic rings. The fraction of sp³-hybridized carbons (Fsp3) is 1.00. The van der Waals surface area contributed by atoms with E-state index in [1.165, 1.54) is 0 Å². The van der Waals surface area contributed by atoms with Crippen LogP contribution in [0.25, 0.3) is 0 Å². The maximum Gasteiger partial charge on any atom is 0.0834 e. The molecule has 2 aliphatic rings. The van der Waals surface area contributed by atoms with Crippen molar-refractivity contribution in [3.05, 3.63) is 0 Å². The summed E-state index contributed by atoms with van der Waals surface area (Å²) in [6.45, 7) is 1.78. The topological polar surface area (TPSA) is 45.3 Å². The minimum Gasteiger partial charge on any atom is -0.393 e. The molecule has 0 radical (unpaired) electrons. The molecule has 70 valence electrons. The number of hydrogen-bond acceptors (Lipinski definition) is 3. The second kappa shape index (κ2) is 3.73. The number of ether oxygens (including phenoxy) is 2. The smallest absolute Gasteiger partial charge is 0.0834 e. The molecule has 0 spiro atoms. The maximum absolute atomic E-state index is 9.47. The van der Waals surface area contributed by atoms with Crippen molar-refractivity contribution in [2.75, 3.05) is 13.2 Å². The Balaban J connectivity index is 1.46. The molecule has 2 rings (SSSR count). The third-order valence-corrected chi connectivity index (χ3v) is 2.40. The fourth-order valence-electron chi connectivity index (χ4n) is 1.44. The van der Waals surface area contributed by atoms with Crippen molar-refractivity contribution in [2.24, 2.45) is 0 Å². The molecular formula is C9H16O3. The second-order valence-electron chi connectivity index (χ2n) is 3.73. The number of rotatable bonds is 6. The van der Waals surface area contributed by atoms with E-state index < -0.39 is 0 Å². The van der Waals surface area contributed by atoms with Gasteiger partial charge in [0.1, 0.15) is 0 Å². The van der Waals surface area contributed by atoms with Crippen molar-refractivity contribution in [1.82, 2.24) is 0 Å². The first kappa shape index (κ1) is 8.48. The van der Waals surface area contributed by atoms with E-state index in [2.05, 4.69) is 0 Å². The average molecular weight is 172 g/mol. The molecule has 0 bridgehead atoms. The van der Waals surface area contributed by atoms with Gasteiger partial charge in [0.05, 0.1) is 31.5 Å². The van der Waals surface area contributed by atoms with Gasteiger partial charge in [0, 0.05) is 6.42 Å². The summed E-state index contributed by atoms with van der Waals surface area (Å²) in [5.41, 5.74) is 0. The van der Waals surface area contributed by atoms with E-state index in [-0.39, 0.29) is 6.10 Å². The summed E-state index contributed by atoms with van der Waals surface area (Å²) in [5.74, 6) is 0. The quantitative estimate of drug-likeness (QED) is 0.600. The summed E-state index contributed by atoms with van der Waals surface area (Å²) in [4.78, 5) is 0. The molecule has 0 aromatic heterocycles. The van der Waals surface area contributed by atoms with Gasteiger partial charge in [-0.25, -0.2) is 0 Å². The predicted molar refractivity (Wildman–Crippen MR) is 44.0 cm³/mol. The zero-order valence-electron chi connectivity index (χ0n) is 7.24. The first-order chi connectivity index (χ1) is 5.84. The number of aliphatic hydroxyl groups is 1. The van der Waals surface area contributed by atoms with Crippen LogP contribution in [0.3, 0.4) is 0 Å². The van der Waals surface area contributed by atoms with Gasteiger partial charge in [-0.1, -0.05) is 0 Å². The van der Waals surface area contributed by atoms with Crippen LogP contribution in [0.5, 0.6) is 0 Å². The molecule has 2 heterocycles. The van der Waals surface area contributed by atoms with Crippen LogP contribution in [0, 0.1) is 0 Å². The molecule has 3 atom stereocenters. The van der Waals surface area contributed by atoms with E-state index in [0.717, 1.165) is 38.9 Å². The largest absolute Gasteiger partial charge is 0.393 e. The monoisotopic (exact) mass is 172 g/mol. The Morgan fingerprint density at radius 3 is 2.50 bits per heavy atom. The lowest BCUT2D eigenvalue weighted by Gasteiger charge is -2.06. The highest BCUT2D eigenvalue weighted by molar-refractivity contribution is 4.75. The highest BCUT2D eigenvalue weighted by Crippen LogP contribution is 2.21. The van der Waals surface area contributed by atoms with Gasteiger partial charge in [0.15, 0.2) is 0 Å². The molecule has 2 aliphatic heterocycles. The highest BCUT2D eigenvalue weighted by Gasteiger charge is 2.26. The van der Waals surface area contributed by atoms with Gasteiger partial charge in [-0.2, -0.15) is 0 Å². The normalized spacial score (nSPS) is 34.8. The summed E-state index contributed by atoms with van der Waals surface area (Å²) in [6, 6.07) is 0. The van der Waals surface area contributed by atoms with E-state index >= 15 is 0 Å². The lowest BCUT2D eigenvalue weighted by Crippen LogP contribution is -2.09. The molecule has 0 amide bonds. The number of hydrogen-bond donors (Lipinski definition) is 1. The van der Waals surface area contributed by atoms with E-state index in [4.69, 9.17) is 9.47 Å². The van der Waals surface area contributed by atoms with Crippen LogP contribution in [-0.4, -0.2) is 36.6 Å². The van der Waals surface area contributed by atoms with Gasteiger partial charge in [0.2, 0.25) is 0 Å². The van der Waals surface area contributed by atoms with Crippen LogP contribution in [-0.2, 0) is 9.47 Å². The SMILES string of the molecule is OC(CCCC1CO1)CC1CO1. The predicted octanol–water partition coefficient (Wildman–Crippen LogP) is 0.705. The van der Waals surface area contributed by atoms with Gasteiger partial charge >= 0.3 is 0 Å². The van der Waals surface area contributed by atoms with Gasteiger partial charge in [-0.3, -0.25) is 0 Å². The van der Waals surface area contributed by atoms with Crippen molar-refractivity contribution in [1.29, 1.82) is 0 Å². The minimum absolute atomic E-state index is 0.156. The second-order valence-corrected chi connectivity index (χ2v) is 3.73. The summed E-state index contributed by atoms with van der Waals surface area (Å²) < 4.78 is 10.1. The molecule has 2 fully saturated rings. The van der Waals surface area contributed by atoms with Crippen LogP contribution < -0.4 is 0 Å². The van der Waals surface area contributed by atoms with Crippen LogP contribution >= 0.6 is 0 Å². The zero-order chi connectivity index (χ0) is 8.39. The van der Waals surface area contributed by atoms with Crippen molar-refractivity contribution >= 4 is 0 Å². The molecule has 1 N–H and O–H groups in total. The first-order valence-electron chi connectivity index (χ1n) is 4.76. The van der Waals surface area contributed by atoms with Crippen molar-refractivity contribution < 1.29 is 14.6 Å². The van der Waals surface area contributed by atoms with Gasteiger partial charge in [0.25, 0.3) is 0 Å². The Bertz CT molecular complexity index is 141. The van der Waals surface area contributed by atoms with Gasteiger partial charge in [-0.05, 0) is 19.3 Å². The standard InChI is InChI=1S/C9H16O3/c10-7(4-9-6-12-9)2-1-3-8-5-11-8/h7-10H,1-6H2. The molecule has 0 aliphatic carbocycles. The van der Waals surface area contributed by atoms with Crippen LogP contribution in [0.2, 0.25) is 0 Å². The molecule has 2 saturated heterocycles. The molecule has 0 aromatic carbocycles. The molecule has 3 unspecified atom stereocenters. The van der Waals surface area contributed by atoms with E-state index in [1.807, 2.05) is 0 Å². The average Bonchev–Trinajstić information content (AvgIpc) is 2.77. The Hall–Kier alpha value is -0.120. The third-order valence-electron chi connectivity index (χ3n) is 2.40. The number of epoxide rings is 2. The Morgan fingerprint density at radius 2 is 1.92 bits per heavy atom. The zero-order valence-corrected chi connectivity index (χ0v) is 7.24. The van der Waals surface area contributed by atoms with E-state index in [0.29, 0.717) is 12.2 Å². The minimum atomic E-state index is -0.156. The fourth-order valence-corrected chi connectivity index (χ4v) is 1.44. The first-order valence-corrected chi connectivity index (χ1v) is 4.76. The summed E-state index contributed by atoms with van der Waals surface area (Å²) in [7, 11) is 0. The maximum atomic E-state index is 9.47. The lowest BCUT2D eigenvalue weighted by molar-refractivity contribution is 0.138. The summed E-state index contributed by atoms with van der Waals surface area (Å²) in [5, 5.41) is 9.47. The van der Waals surface area contributed by atoms with Crippen LogP contribution in [0.15, 0.2) is 0 Å². The van der Waals surface area contributed by atoms with E-state index in [1.54, 1.807) is 0 Å². The molecule has 0 saturated carbocycles. The van der Waals surface area contributed by atoms with Crippen molar-refractivity contribution in [3.63, 3.8) is 0 Å². The Kier molecular flexibility index (Phi) is 2.63. The lowest BCUT2D eigenvalue weighted by atomic mass is 10.1. The molecular weight excluding hydrogens is 156 g/mol. The number of aliphatic hydroxyl groups excluding tert-OH is 1. The third kappa shape index (κ3) is 3.09. The molecule has 12 heavy (non-hydrogen) atoms. The Labute approximate surface area is 72.7 Å². The Morgan fingerprint density at radius 1 is 1.25 bits per heavy atom. The van der Waals surface area contributed by atoms with Gasteiger partial charge < -0.3 is 14.6 Å². The summed E-state index contributed by atoms with van der Waals surface area (Å²) >= 11 is 0. The van der Waals surface area contributed by atoms with Crippen molar-refractivity contribution in [3.8, 4) is 0 Å². The van der Waals surface area contributed by atoms with E-state index in [9.17, 15) is 5.11 Å². The highest BCUT2D eigenvalue weighted by atomic mass is 16.6. The summed E-state index contributed by atoms with van der Waals surface area (Å²) in [6.07, 6.45) is 4.63. The molecule has 3 nitrogen and oxygen atoms in total. The van der Waals surface area contributed by atoms with Crippen LogP contribution in [0.4, 0.5) is 0 Å². The molecule has 3 heteroatoms.